The number of rotatable bonds is 3. The van der Waals surface area contributed by atoms with Crippen LogP contribution in [-0.4, -0.2) is 29.7 Å². The lowest BCUT2D eigenvalue weighted by Crippen LogP contribution is -2.34. The number of anilines is 1. The Morgan fingerprint density at radius 1 is 1.18 bits per heavy atom. The van der Waals surface area contributed by atoms with Gasteiger partial charge in [-0.1, -0.05) is 12.1 Å². The molecule has 1 aromatic rings. The van der Waals surface area contributed by atoms with E-state index in [0.717, 1.165) is 38.2 Å². The van der Waals surface area contributed by atoms with Gasteiger partial charge in [0.15, 0.2) is 0 Å². The van der Waals surface area contributed by atoms with E-state index >= 15 is 0 Å². The summed E-state index contributed by atoms with van der Waals surface area (Å²) in [7, 11) is 0. The summed E-state index contributed by atoms with van der Waals surface area (Å²) < 4.78 is 0. The fourth-order valence-electron chi connectivity index (χ4n) is 2.21. The zero-order valence-electron chi connectivity index (χ0n) is 10.0. The van der Waals surface area contributed by atoms with Crippen LogP contribution in [0.25, 0.3) is 0 Å². The number of nitrogens with two attached hydrogens (primary N) is 1. The van der Waals surface area contributed by atoms with Crippen LogP contribution in [-0.2, 0) is 6.54 Å². The predicted octanol–water partition coefficient (Wildman–Crippen LogP) is 1.89. The van der Waals surface area contributed by atoms with Gasteiger partial charge >= 0.3 is 0 Å². The Bertz CT molecular complexity index is 321. The second kappa shape index (κ2) is 6.84. The molecule has 4 heteroatoms. The van der Waals surface area contributed by atoms with Gasteiger partial charge in [0, 0.05) is 18.8 Å². The summed E-state index contributed by atoms with van der Waals surface area (Å²) in [6.07, 6.45) is 2.23. The minimum absolute atomic E-state index is 0. The highest BCUT2D eigenvalue weighted by atomic mass is 35.5. The molecule has 0 radical (unpaired) electrons. The zero-order chi connectivity index (χ0) is 11.4. The van der Waals surface area contributed by atoms with Crippen molar-refractivity contribution in [3.05, 3.63) is 29.8 Å². The molecule has 2 rings (SSSR count). The molecule has 0 unspecified atom stereocenters. The van der Waals surface area contributed by atoms with Crippen molar-refractivity contribution in [1.29, 1.82) is 0 Å². The Kier molecular flexibility index (Phi) is 5.75. The molecule has 0 saturated carbocycles. The van der Waals surface area contributed by atoms with Gasteiger partial charge in [0.25, 0.3) is 0 Å². The maximum absolute atomic E-state index is 9.07. The Morgan fingerprint density at radius 2 is 1.76 bits per heavy atom. The van der Waals surface area contributed by atoms with Crippen LogP contribution in [0, 0.1) is 5.92 Å². The first kappa shape index (κ1) is 14.3. The van der Waals surface area contributed by atoms with E-state index in [1.54, 1.807) is 0 Å². The van der Waals surface area contributed by atoms with Crippen LogP contribution in [0.3, 0.4) is 0 Å². The van der Waals surface area contributed by atoms with Crippen molar-refractivity contribution in [1.82, 2.24) is 4.90 Å². The first-order valence-electron chi connectivity index (χ1n) is 5.95. The van der Waals surface area contributed by atoms with Crippen LogP contribution in [0.15, 0.2) is 24.3 Å². The van der Waals surface area contributed by atoms with Crippen molar-refractivity contribution in [3.8, 4) is 0 Å². The minimum Gasteiger partial charge on any atom is -0.399 e. The SMILES string of the molecule is Cl.Nc1ccc(CN2CCC(CO)CC2)cc1. The molecule has 1 fully saturated rings. The molecule has 0 amide bonds. The number of hydrogen-bond donors (Lipinski definition) is 2. The molecule has 0 aliphatic carbocycles. The molecule has 0 atom stereocenters. The van der Waals surface area contributed by atoms with Crippen LogP contribution < -0.4 is 5.73 Å². The highest BCUT2D eigenvalue weighted by molar-refractivity contribution is 5.85. The van der Waals surface area contributed by atoms with Crippen molar-refractivity contribution >= 4 is 18.1 Å². The topological polar surface area (TPSA) is 49.5 Å². The van der Waals surface area contributed by atoms with E-state index in [1.807, 2.05) is 12.1 Å². The Labute approximate surface area is 109 Å². The lowest BCUT2D eigenvalue weighted by atomic mass is 9.97. The number of aliphatic hydroxyl groups is 1. The largest absolute Gasteiger partial charge is 0.399 e. The molecule has 96 valence electrons. The smallest absolute Gasteiger partial charge is 0.0460 e. The van der Waals surface area contributed by atoms with Gasteiger partial charge in [-0.2, -0.15) is 0 Å². The van der Waals surface area contributed by atoms with Crippen molar-refractivity contribution in [2.45, 2.75) is 19.4 Å². The monoisotopic (exact) mass is 256 g/mol. The second-order valence-electron chi connectivity index (χ2n) is 4.64. The first-order chi connectivity index (χ1) is 7.78. The van der Waals surface area contributed by atoms with Crippen molar-refractivity contribution in [2.24, 2.45) is 5.92 Å². The molecule has 1 aliphatic rings. The Balaban J connectivity index is 0.00000144. The van der Waals surface area contributed by atoms with Gasteiger partial charge in [-0.05, 0) is 49.5 Å². The molecule has 17 heavy (non-hydrogen) atoms. The number of hydrogen-bond acceptors (Lipinski definition) is 3. The van der Waals surface area contributed by atoms with Gasteiger partial charge in [0.2, 0.25) is 0 Å². The Morgan fingerprint density at radius 3 is 2.29 bits per heavy atom. The third-order valence-corrected chi connectivity index (χ3v) is 3.35. The second-order valence-corrected chi connectivity index (χ2v) is 4.64. The van der Waals surface area contributed by atoms with Crippen LogP contribution in [0.2, 0.25) is 0 Å². The van der Waals surface area contributed by atoms with Crippen LogP contribution in [0.1, 0.15) is 18.4 Å². The molecule has 0 spiro atoms. The molecule has 1 heterocycles. The summed E-state index contributed by atoms with van der Waals surface area (Å²) in [6, 6.07) is 8.09. The van der Waals surface area contributed by atoms with Gasteiger partial charge in [0.05, 0.1) is 0 Å². The number of aliphatic hydroxyl groups excluding tert-OH is 1. The normalized spacial score (nSPS) is 17.7. The number of piperidine rings is 1. The zero-order valence-corrected chi connectivity index (χ0v) is 10.8. The number of likely N-dealkylation sites (tertiary alicyclic amines) is 1. The maximum Gasteiger partial charge on any atom is 0.0460 e. The lowest BCUT2D eigenvalue weighted by molar-refractivity contribution is 0.127. The molecule has 1 aliphatic heterocycles. The summed E-state index contributed by atoms with van der Waals surface area (Å²) in [5, 5.41) is 9.07. The molecule has 3 nitrogen and oxygen atoms in total. The molecular formula is C13H21ClN2O. The van der Waals surface area contributed by atoms with E-state index in [0.29, 0.717) is 12.5 Å². The van der Waals surface area contributed by atoms with E-state index in [9.17, 15) is 0 Å². The summed E-state index contributed by atoms with van der Waals surface area (Å²) in [5.41, 5.74) is 7.79. The first-order valence-corrected chi connectivity index (χ1v) is 5.95. The highest BCUT2D eigenvalue weighted by Crippen LogP contribution is 2.18. The van der Waals surface area contributed by atoms with Crippen LogP contribution in [0.4, 0.5) is 5.69 Å². The van der Waals surface area contributed by atoms with Crippen molar-refractivity contribution in [2.75, 3.05) is 25.4 Å². The molecule has 3 N–H and O–H groups in total. The molecule has 1 aromatic carbocycles. The summed E-state index contributed by atoms with van der Waals surface area (Å²) in [4.78, 5) is 2.44. The fourth-order valence-corrected chi connectivity index (χ4v) is 2.21. The van der Waals surface area contributed by atoms with E-state index in [2.05, 4.69) is 17.0 Å². The Hall–Kier alpha value is -0.770. The number of benzene rings is 1. The van der Waals surface area contributed by atoms with Gasteiger partial charge in [-0.3, -0.25) is 4.90 Å². The minimum atomic E-state index is 0. The average Bonchev–Trinajstić information content (AvgIpc) is 2.33. The van der Waals surface area contributed by atoms with E-state index < -0.39 is 0 Å². The summed E-state index contributed by atoms with van der Waals surface area (Å²) >= 11 is 0. The van der Waals surface area contributed by atoms with Crippen LogP contribution in [0.5, 0.6) is 0 Å². The third kappa shape index (κ3) is 4.19. The van der Waals surface area contributed by atoms with E-state index in [1.165, 1.54) is 5.56 Å². The van der Waals surface area contributed by atoms with Gasteiger partial charge in [-0.25, -0.2) is 0 Å². The predicted molar refractivity (Wildman–Crippen MR) is 73.2 cm³/mol. The quantitative estimate of drug-likeness (QED) is 0.812. The van der Waals surface area contributed by atoms with Crippen LogP contribution >= 0.6 is 12.4 Å². The van der Waals surface area contributed by atoms with Gasteiger partial charge < -0.3 is 10.8 Å². The third-order valence-electron chi connectivity index (χ3n) is 3.35. The molecule has 1 saturated heterocycles. The van der Waals surface area contributed by atoms with Crippen molar-refractivity contribution < 1.29 is 5.11 Å². The van der Waals surface area contributed by atoms with Crippen molar-refractivity contribution in [3.63, 3.8) is 0 Å². The summed E-state index contributed by atoms with van der Waals surface area (Å²) in [5.74, 6) is 0.516. The fraction of sp³-hybridized carbons (Fsp3) is 0.538. The van der Waals surface area contributed by atoms with E-state index in [4.69, 9.17) is 10.8 Å². The maximum atomic E-state index is 9.07. The standard InChI is InChI=1S/C13H20N2O.ClH/c14-13-3-1-11(2-4-13)9-15-7-5-12(10-16)6-8-15;/h1-4,12,16H,5-10,14H2;1H. The molecule has 0 bridgehead atoms. The molecular weight excluding hydrogens is 236 g/mol. The number of nitrogens with zero attached hydrogens (tertiary/aromatic N) is 1. The van der Waals surface area contributed by atoms with E-state index in [-0.39, 0.29) is 12.4 Å². The lowest BCUT2D eigenvalue weighted by Gasteiger charge is -2.31. The average molecular weight is 257 g/mol. The highest BCUT2D eigenvalue weighted by Gasteiger charge is 2.18. The summed E-state index contributed by atoms with van der Waals surface area (Å²) in [6.45, 7) is 3.53. The number of halogens is 1. The van der Waals surface area contributed by atoms with Gasteiger partial charge in [0.1, 0.15) is 0 Å². The molecule has 0 aromatic heterocycles. The van der Waals surface area contributed by atoms with Gasteiger partial charge in [-0.15, -0.1) is 12.4 Å². The number of nitrogen functional groups attached to an aromatic ring is 1.